The number of hydrogen-bond donors (Lipinski definition) is 1. The highest BCUT2D eigenvalue weighted by atomic mass is 16.5. The number of aryl methyl sites for hydroxylation is 1. The molecule has 5 nitrogen and oxygen atoms in total. The van der Waals surface area contributed by atoms with Crippen LogP contribution in [0.15, 0.2) is 4.52 Å². The molecule has 1 fully saturated rings. The van der Waals surface area contributed by atoms with Gasteiger partial charge in [0.05, 0.1) is 6.54 Å². The maximum atomic E-state index is 5.78. The normalized spacial score (nSPS) is 24.0. The quantitative estimate of drug-likeness (QED) is 0.692. The Morgan fingerprint density at radius 1 is 1.69 bits per heavy atom. The Morgan fingerprint density at radius 3 is 3.08 bits per heavy atom. The summed E-state index contributed by atoms with van der Waals surface area (Å²) in [6.45, 7) is 4.53. The summed E-state index contributed by atoms with van der Waals surface area (Å²) >= 11 is 0. The van der Waals surface area contributed by atoms with E-state index in [9.17, 15) is 0 Å². The molecule has 2 rings (SSSR count). The number of rotatable bonds is 2. The summed E-state index contributed by atoms with van der Waals surface area (Å²) in [5.74, 6) is 1.38. The van der Waals surface area contributed by atoms with Crippen LogP contribution in [0, 0.1) is 6.92 Å². The second-order valence-electron chi connectivity index (χ2n) is 3.51. The zero-order valence-electron chi connectivity index (χ0n) is 7.73. The van der Waals surface area contributed by atoms with Crippen molar-refractivity contribution in [2.24, 2.45) is 5.73 Å². The molecule has 0 radical (unpaired) electrons. The van der Waals surface area contributed by atoms with Crippen molar-refractivity contribution in [3.05, 3.63) is 11.7 Å². The molecule has 13 heavy (non-hydrogen) atoms. The van der Waals surface area contributed by atoms with Crippen LogP contribution in [0.4, 0.5) is 0 Å². The summed E-state index contributed by atoms with van der Waals surface area (Å²) < 4.78 is 4.88. The van der Waals surface area contributed by atoms with Crippen LogP contribution in [-0.2, 0) is 6.54 Å². The summed E-state index contributed by atoms with van der Waals surface area (Å²) in [6, 6.07) is 0.313. The zero-order chi connectivity index (χ0) is 9.26. The van der Waals surface area contributed by atoms with Gasteiger partial charge in [-0.15, -0.1) is 0 Å². The first kappa shape index (κ1) is 8.65. The molecule has 1 saturated heterocycles. The van der Waals surface area contributed by atoms with E-state index in [1.807, 2.05) is 0 Å². The average Bonchev–Trinajstić information content (AvgIpc) is 2.62. The summed E-state index contributed by atoms with van der Waals surface area (Å²) in [5, 5.41) is 3.84. The van der Waals surface area contributed by atoms with Gasteiger partial charge in [-0.3, -0.25) is 4.90 Å². The van der Waals surface area contributed by atoms with Crippen molar-refractivity contribution in [2.45, 2.75) is 25.9 Å². The number of nitrogens with two attached hydrogens (primary N) is 1. The van der Waals surface area contributed by atoms with Crippen LogP contribution in [0.25, 0.3) is 0 Å². The molecule has 1 aromatic rings. The molecular weight excluding hydrogens is 168 g/mol. The van der Waals surface area contributed by atoms with Gasteiger partial charge < -0.3 is 10.3 Å². The molecule has 1 aliphatic rings. The third-order valence-corrected chi connectivity index (χ3v) is 2.24. The van der Waals surface area contributed by atoms with Crippen molar-refractivity contribution in [2.75, 3.05) is 13.1 Å². The van der Waals surface area contributed by atoms with Crippen molar-refractivity contribution in [1.82, 2.24) is 15.0 Å². The van der Waals surface area contributed by atoms with E-state index in [1.54, 1.807) is 6.92 Å². The lowest BCUT2D eigenvalue weighted by molar-refractivity contribution is 0.307. The fourth-order valence-corrected chi connectivity index (χ4v) is 1.61. The average molecular weight is 182 g/mol. The van der Waals surface area contributed by atoms with Crippen LogP contribution in [0.5, 0.6) is 0 Å². The first-order valence-electron chi connectivity index (χ1n) is 4.51. The Kier molecular flexibility index (Phi) is 2.28. The predicted molar refractivity (Wildman–Crippen MR) is 46.9 cm³/mol. The molecule has 0 aliphatic carbocycles. The molecule has 2 N–H and O–H groups in total. The minimum atomic E-state index is 0.313. The molecule has 0 bridgehead atoms. The van der Waals surface area contributed by atoms with E-state index >= 15 is 0 Å². The predicted octanol–water partition coefficient (Wildman–Crippen LogP) is -0.0890. The van der Waals surface area contributed by atoms with Gasteiger partial charge in [-0.05, 0) is 6.42 Å². The number of nitrogens with zero attached hydrogens (tertiary/aromatic N) is 3. The SMILES string of the molecule is Cc1nc(CN2CC[C@@H](N)C2)no1. The van der Waals surface area contributed by atoms with E-state index in [4.69, 9.17) is 10.3 Å². The van der Waals surface area contributed by atoms with Crippen molar-refractivity contribution in [3.63, 3.8) is 0 Å². The molecule has 1 aromatic heterocycles. The van der Waals surface area contributed by atoms with Gasteiger partial charge in [-0.2, -0.15) is 4.98 Å². The molecule has 5 heteroatoms. The summed E-state index contributed by atoms with van der Waals surface area (Å²) in [7, 11) is 0. The third kappa shape index (κ3) is 2.05. The van der Waals surface area contributed by atoms with Crippen molar-refractivity contribution in [3.8, 4) is 0 Å². The highest BCUT2D eigenvalue weighted by Gasteiger charge is 2.20. The maximum absolute atomic E-state index is 5.78. The van der Waals surface area contributed by atoms with Crippen LogP contribution in [0.1, 0.15) is 18.1 Å². The molecule has 72 valence electrons. The standard InChI is InChI=1S/C8H14N4O/c1-6-10-8(11-13-6)5-12-3-2-7(9)4-12/h7H,2-5,9H2,1H3/t7-/m1/s1. The lowest BCUT2D eigenvalue weighted by Gasteiger charge is -2.11. The minimum absolute atomic E-state index is 0.313. The van der Waals surface area contributed by atoms with E-state index in [2.05, 4.69) is 15.0 Å². The van der Waals surface area contributed by atoms with Gasteiger partial charge in [0.1, 0.15) is 0 Å². The molecular formula is C8H14N4O. The second-order valence-corrected chi connectivity index (χ2v) is 3.51. The molecule has 1 atom stereocenters. The van der Waals surface area contributed by atoms with Crippen molar-refractivity contribution < 1.29 is 4.52 Å². The Bertz CT molecular complexity index is 285. The molecule has 0 aromatic carbocycles. The molecule has 0 spiro atoms. The molecule has 2 heterocycles. The fourth-order valence-electron chi connectivity index (χ4n) is 1.61. The van der Waals surface area contributed by atoms with E-state index in [-0.39, 0.29) is 0 Å². The zero-order valence-corrected chi connectivity index (χ0v) is 7.73. The van der Waals surface area contributed by atoms with Crippen LogP contribution >= 0.6 is 0 Å². The van der Waals surface area contributed by atoms with Crippen LogP contribution < -0.4 is 5.73 Å². The van der Waals surface area contributed by atoms with Gasteiger partial charge in [0, 0.05) is 26.1 Å². The van der Waals surface area contributed by atoms with Gasteiger partial charge in [0.25, 0.3) is 0 Å². The minimum Gasteiger partial charge on any atom is -0.340 e. The van der Waals surface area contributed by atoms with Crippen LogP contribution in [0.3, 0.4) is 0 Å². The maximum Gasteiger partial charge on any atom is 0.223 e. The first-order chi connectivity index (χ1) is 6.24. The van der Waals surface area contributed by atoms with Crippen molar-refractivity contribution >= 4 is 0 Å². The Morgan fingerprint density at radius 2 is 2.54 bits per heavy atom. The Labute approximate surface area is 76.9 Å². The molecule has 1 aliphatic heterocycles. The Balaban J connectivity index is 1.91. The van der Waals surface area contributed by atoms with E-state index in [0.717, 1.165) is 31.9 Å². The van der Waals surface area contributed by atoms with Crippen LogP contribution in [-0.4, -0.2) is 34.2 Å². The summed E-state index contributed by atoms with van der Waals surface area (Å²) in [4.78, 5) is 6.38. The highest BCUT2D eigenvalue weighted by molar-refractivity contribution is 4.87. The van der Waals surface area contributed by atoms with Gasteiger partial charge in [-0.25, -0.2) is 0 Å². The van der Waals surface area contributed by atoms with Gasteiger partial charge in [-0.1, -0.05) is 5.16 Å². The monoisotopic (exact) mass is 182 g/mol. The fraction of sp³-hybridized carbons (Fsp3) is 0.750. The third-order valence-electron chi connectivity index (χ3n) is 2.24. The number of aromatic nitrogens is 2. The second kappa shape index (κ2) is 3.43. The van der Waals surface area contributed by atoms with E-state index in [1.165, 1.54) is 0 Å². The van der Waals surface area contributed by atoms with Gasteiger partial charge in [0.15, 0.2) is 5.82 Å². The molecule has 0 amide bonds. The summed E-state index contributed by atoms with van der Waals surface area (Å²) in [6.07, 6.45) is 1.07. The van der Waals surface area contributed by atoms with E-state index < -0.39 is 0 Å². The molecule has 0 unspecified atom stereocenters. The highest BCUT2D eigenvalue weighted by Crippen LogP contribution is 2.09. The largest absolute Gasteiger partial charge is 0.340 e. The topological polar surface area (TPSA) is 68.2 Å². The molecule has 0 saturated carbocycles. The smallest absolute Gasteiger partial charge is 0.223 e. The summed E-state index contributed by atoms with van der Waals surface area (Å²) in [5.41, 5.74) is 5.78. The van der Waals surface area contributed by atoms with Gasteiger partial charge >= 0.3 is 0 Å². The Hall–Kier alpha value is -0.940. The number of hydrogen-bond acceptors (Lipinski definition) is 5. The lowest BCUT2D eigenvalue weighted by atomic mass is 10.3. The van der Waals surface area contributed by atoms with Crippen LogP contribution in [0.2, 0.25) is 0 Å². The van der Waals surface area contributed by atoms with Crippen molar-refractivity contribution in [1.29, 1.82) is 0 Å². The first-order valence-corrected chi connectivity index (χ1v) is 4.51. The van der Waals surface area contributed by atoms with Gasteiger partial charge in [0.2, 0.25) is 5.89 Å². The van der Waals surface area contributed by atoms with E-state index in [0.29, 0.717) is 11.9 Å². The number of likely N-dealkylation sites (tertiary alicyclic amines) is 1. The lowest BCUT2D eigenvalue weighted by Crippen LogP contribution is -2.26.